The van der Waals surface area contributed by atoms with Crippen LogP contribution < -0.4 is 27.6 Å². The zero-order chi connectivity index (χ0) is 25.7. The van der Waals surface area contributed by atoms with Crippen LogP contribution in [0.15, 0.2) is 63.1 Å². The molecule has 4 aromatic rings. The number of ether oxygens (including phenoxy) is 1. The summed E-state index contributed by atoms with van der Waals surface area (Å²) in [6, 6.07) is 12.1. The molecule has 0 amide bonds. The number of aliphatic hydroxyl groups is 1. The van der Waals surface area contributed by atoms with Gasteiger partial charge in [0.15, 0.2) is 0 Å². The highest BCUT2D eigenvalue weighted by atomic mass is 32.1. The lowest BCUT2D eigenvalue weighted by Crippen LogP contribution is -2.51. The molecule has 0 radical (unpaired) electrons. The highest BCUT2D eigenvalue weighted by molar-refractivity contribution is 7.07. The maximum absolute atomic E-state index is 13.4. The number of nitrogens with zero attached hydrogens (tertiary/aromatic N) is 5. The average Bonchev–Trinajstić information content (AvgIpc) is 3.26. The summed E-state index contributed by atoms with van der Waals surface area (Å²) in [4.78, 5) is 41.4. The topological polar surface area (TPSA) is 163 Å². The van der Waals surface area contributed by atoms with Gasteiger partial charge in [0.05, 0.1) is 31.5 Å². The summed E-state index contributed by atoms with van der Waals surface area (Å²) in [7, 11) is 0. The fourth-order valence-corrected chi connectivity index (χ4v) is 3.78. The van der Waals surface area contributed by atoms with Crippen molar-refractivity contribution in [3.63, 3.8) is 0 Å². The lowest BCUT2D eigenvalue weighted by atomic mass is 10.2. The third-order valence-corrected chi connectivity index (χ3v) is 5.59. The zero-order valence-electron chi connectivity index (χ0n) is 19.0. The van der Waals surface area contributed by atoms with Crippen LogP contribution in [-0.2, 0) is 17.9 Å². The molecule has 1 atom stereocenters. The first kappa shape index (κ1) is 25.1. The molecule has 4 rings (SSSR count). The molecule has 0 fully saturated rings. The van der Waals surface area contributed by atoms with E-state index in [2.05, 4.69) is 24.2 Å². The summed E-state index contributed by atoms with van der Waals surface area (Å²) < 4.78 is 25.1. The smallest absolute Gasteiger partial charge is 0.335 e. The Morgan fingerprint density at radius 2 is 1.89 bits per heavy atom. The molecule has 2 aromatic carbocycles. The summed E-state index contributed by atoms with van der Waals surface area (Å²) in [5, 5.41) is 10.4. The van der Waals surface area contributed by atoms with E-state index in [1.807, 2.05) is 0 Å². The molecule has 0 unspecified atom stereocenters. The van der Waals surface area contributed by atoms with Gasteiger partial charge in [-0.15, -0.1) is 0 Å². The van der Waals surface area contributed by atoms with Gasteiger partial charge in [-0.1, -0.05) is 12.1 Å². The molecule has 188 valence electrons. The number of hydrogen-bond donors (Lipinski definition) is 3. The Morgan fingerprint density at radius 3 is 2.53 bits per heavy atom. The Bertz CT molecular complexity index is 1510. The minimum atomic E-state index is -1.19. The van der Waals surface area contributed by atoms with Crippen LogP contribution in [0.4, 0.5) is 10.1 Å². The van der Waals surface area contributed by atoms with Gasteiger partial charge in [0.25, 0.3) is 5.19 Å². The largest absolute Gasteiger partial charge is 0.430 e. The van der Waals surface area contributed by atoms with Crippen molar-refractivity contribution in [3.8, 4) is 10.9 Å². The van der Waals surface area contributed by atoms with Crippen LogP contribution in [0.2, 0.25) is 0 Å². The molecule has 2 heterocycles. The predicted octanol–water partition coefficient (Wildman–Crippen LogP) is 0.961. The van der Waals surface area contributed by atoms with E-state index in [4.69, 9.17) is 10.6 Å². The Labute approximate surface area is 206 Å². The number of aromatic nitrogens is 5. The second-order valence-corrected chi connectivity index (χ2v) is 8.38. The number of aryl methyl sites for hydroxylation is 1. The standard InChI is InChI=1S/C22H22FN7O5S/c1-13-25-21(36-28-13)35-18-8-6-16(7-9-18)26-19-27-20(32)30(11-17(31)12-34-24)22(33)29(19)10-14-2-4-15(23)5-3-14/h2-9,17,31H,10-12,24H2,1H3,(H,26,27,32)/t17-/m0/s1. The normalized spacial score (nSPS) is 12.6. The highest BCUT2D eigenvalue weighted by Gasteiger charge is 2.14. The molecule has 0 aliphatic heterocycles. The van der Waals surface area contributed by atoms with E-state index in [1.54, 1.807) is 31.2 Å². The second kappa shape index (κ2) is 11.2. The summed E-state index contributed by atoms with van der Waals surface area (Å²) in [6.45, 7) is 1.11. The van der Waals surface area contributed by atoms with Crippen LogP contribution in [0, 0.1) is 12.7 Å². The van der Waals surface area contributed by atoms with E-state index in [1.165, 1.54) is 28.8 Å². The Balaban J connectivity index is 1.72. The highest BCUT2D eigenvalue weighted by Crippen LogP contribution is 2.24. The Hall–Kier alpha value is -3.98. The average molecular weight is 516 g/mol. The lowest BCUT2D eigenvalue weighted by Gasteiger charge is -2.13. The number of benzene rings is 2. The first-order valence-corrected chi connectivity index (χ1v) is 11.4. The number of aromatic amines is 1. The van der Waals surface area contributed by atoms with Crippen molar-refractivity contribution in [1.82, 2.24) is 23.5 Å². The van der Waals surface area contributed by atoms with Crippen LogP contribution >= 0.6 is 11.5 Å². The van der Waals surface area contributed by atoms with E-state index in [0.717, 1.165) is 16.1 Å². The van der Waals surface area contributed by atoms with Gasteiger partial charge in [0, 0.05) is 11.5 Å². The molecule has 0 saturated heterocycles. The Kier molecular flexibility index (Phi) is 7.80. The summed E-state index contributed by atoms with van der Waals surface area (Å²) >= 11 is 1.12. The Morgan fingerprint density at radius 1 is 1.17 bits per heavy atom. The molecule has 0 saturated carbocycles. The number of H-pyrrole nitrogens is 1. The summed E-state index contributed by atoms with van der Waals surface area (Å²) in [5.74, 6) is 5.65. The van der Waals surface area contributed by atoms with E-state index in [0.29, 0.717) is 28.0 Å². The van der Waals surface area contributed by atoms with Crippen molar-refractivity contribution >= 4 is 17.2 Å². The fourth-order valence-electron chi connectivity index (χ4n) is 3.22. The van der Waals surface area contributed by atoms with Crippen LogP contribution in [-0.4, -0.2) is 41.3 Å². The quantitative estimate of drug-likeness (QED) is 0.278. The SMILES string of the molecule is Cc1nsc(Oc2ccc(/N=c3\[nH]c(=O)n(C[C@H](O)CON)c(=O)n3Cc3ccc(F)cc3)cc2)n1. The van der Waals surface area contributed by atoms with Crippen molar-refractivity contribution in [2.24, 2.45) is 10.9 Å². The van der Waals surface area contributed by atoms with Gasteiger partial charge in [-0.05, 0) is 48.9 Å². The molecular weight excluding hydrogens is 493 g/mol. The zero-order valence-corrected chi connectivity index (χ0v) is 19.8. The van der Waals surface area contributed by atoms with Gasteiger partial charge in [0.1, 0.15) is 17.4 Å². The van der Waals surface area contributed by atoms with E-state index in [9.17, 15) is 19.1 Å². The van der Waals surface area contributed by atoms with Crippen molar-refractivity contribution in [2.75, 3.05) is 6.61 Å². The minimum Gasteiger partial charge on any atom is -0.430 e. The minimum absolute atomic E-state index is 0.0181. The van der Waals surface area contributed by atoms with Gasteiger partial charge in [0.2, 0.25) is 5.62 Å². The van der Waals surface area contributed by atoms with Crippen LogP contribution in [0.1, 0.15) is 11.4 Å². The molecule has 36 heavy (non-hydrogen) atoms. The molecule has 4 N–H and O–H groups in total. The predicted molar refractivity (Wildman–Crippen MR) is 127 cm³/mol. The number of halogens is 1. The van der Waals surface area contributed by atoms with Crippen molar-refractivity contribution in [1.29, 1.82) is 0 Å². The molecular formula is C22H22FN7O5S. The molecule has 0 bridgehead atoms. The van der Waals surface area contributed by atoms with Crippen LogP contribution in [0.25, 0.3) is 0 Å². The summed E-state index contributed by atoms with van der Waals surface area (Å²) in [6.07, 6.45) is -1.19. The summed E-state index contributed by atoms with van der Waals surface area (Å²) in [5.41, 5.74) is -0.534. The van der Waals surface area contributed by atoms with E-state index >= 15 is 0 Å². The fraction of sp³-hybridized carbons (Fsp3) is 0.227. The van der Waals surface area contributed by atoms with Crippen molar-refractivity contribution < 1.29 is 19.1 Å². The number of hydrogen-bond acceptors (Lipinski definition) is 10. The molecule has 0 spiro atoms. The van der Waals surface area contributed by atoms with Gasteiger partial charge < -0.3 is 14.7 Å². The van der Waals surface area contributed by atoms with Crippen LogP contribution in [0.5, 0.6) is 10.9 Å². The lowest BCUT2D eigenvalue weighted by molar-refractivity contribution is 0.0261. The number of nitrogens with one attached hydrogen (secondary N) is 1. The number of aliphatic hydroxyl groups excluding tert-OH is 1. The third-order valence-electron chi connectivity index (χ3n) is 4.90. The molecule has 0 aliphatic carbocycles. The molecule has 0 aliphatic rings. The van der Waals surface area contributed by atoms with Gasteiger partial charge in [-0.3, -0.25) is 9.55 Å². The van der Waals surface area contributed by atoms with Crippen molar-refractivity contribution in [2.45, 2.75) is 26.1 Å². The van der Waals surface area contributed by atoms with Gasteiger partial charge >= 0.3 is 11.4 Å². The molecule has 2 aromatic heterocycles. The van der Waals surface area contributed by atoms with E-state index < -0.39 is 23.3 Å². The second-order valence-electron chi connectivity index (χ2n) is 7.66. The van der Waals surface area contributed by atoms with Gasteiger partial charge in [-0.2, -0.15) is 9.36 Å². The third kappa shape index (κ3) is 6.17. The maximum Gasteiger partial charge on any atom is 0.335 e. The number of nitrogens with two attached hydrogens (primary N) is 1. The first-order chi connectivity index (χ1) is 17.3. The monoisotopic (exact) mass is 515 g/mol. The maximum atomic E-state index is 13.4. The van der Waals surface area contributed by atoms with Crippen molar-refractivity contribution in [3.05, 3.63) is 92.3 Å². The number of rotatable bonds is 9. The molecule has 12 nitrogen and oxygen atoms in total. The van der Waals surface area contributed by atoms with Gasteiger partial charge in [-0.25, -0.2) is 29.4 Å². The van der Waals surface area contributed by atoms with E-state index in [-0.39, 0.29) is 25.3 Å². The molecule has 14 heteroatoms. The van der Waals surface area contributed by atoms with Crippen LogP contribution in [0.3, 0.4) is 0 Å². The first-order valence-electron chi connectivity index (χ1n) is 10.6.